The van der Waals surface area contributed by atoms with Crippen molar-refractivity contribution in [1.29, 1.82) is 0 Å². The van der Waals surface area contributed by atoms with Crippen LogP contribution in [0.25, 0.3) is 0 Å². The summed E-state index contributed by atoms with van der Waals surface area (Å²) in [5.74, 6) is -2.55. The van der Waals surface area contributed by atoms with Crippen LogP contribution < -0.4 is 5.73 Å². The molecule has 2 unspecified atom stereocenters. The first-order chi connectivity index (χ1) is 9.86. The molecule has 0 aliphatic carbocycles. The topological polar surface area (TPSA) is 75.8 Å². The van der Waals surface area contributed by atoms with Gasteiger partial charge in [0.2, 0.25) is 5.91 Å². The molecular weight excluding hydrogens is 282 g/mol. The number of methoxy groups -OCH3 is 1. The molecule has 0 aromatic heterocycles. The molecule has 0 saturated carbocycles. The van der Waals surface area contributed by atoms with E-state index in [1.165, 1.54) is 13.2 Å². The molecule has 2 atom stereocenters. The van der Waals surface area contributed by atoms with Crippen LogP contribution in [0.4, 0.5) is 8.78 Å². The summed E-state index contributed by atoms with van der Waals surface area (Å²) in [4.78, 5) is 12.9. The fourth-order valence-corrected chi connectivity index (χ4v) is 1.88. The van der Waals surface area contributed by atoms with Gasteiger partial charge in [0.25, 0.3) is 0 Å². The van der Waals surface area contributed by atoms with Gasteiger partial charge in [-0.1, -0.05) is 6.07 Å². The van der Waals surface area contributed by atoms with Crippen molar-refractivity contribution in [1.82, 2.24) is 4.90 Å². The quantitative estimate of drug-likeness (QED) is 0.745. The van der Waals surface area contributed by atoms with Gasteiger partial charge in [0.1, 0.15) is 0 Å². The van der Waals surface area contributed by atoms with Crippen LogP contribution in [0.2, 0.25) is 0 Å². The molecule has 21 heavy (non-hydrogen) atoms. The predicted molar refractivity (Wildman–Crippen MR) is 73.4 cm³/mol. The van der Waals surface area contributed by atoms with E-state index in [0.29, 0.717) is 13.2 Å². The molecule has 118 valence electrons. The number of amides is 1. The summed E-state index contributed by atoms with van der Waals surface area (Å²) >= 11 is 0. The van der Waals surface area contributed by atoms with Gasteiger partial charge in [0.05, 0.1) is 18.8 Å². The van der Waals surface area contributed by atoms with Crippen LogP contribution >= 0.6 is 0 Å². The Morgan fingerprint density at radius 2 is 2.10 bits per heavy atom. The minimum atomic E-state index is -1.07. The summed E-state index contributed by atoms with van der Waals surface area (Å²) in [6.07, 6.45) is -1.07. The van der Waals surface area contributed by atoms with Gasteiger partial charge >= 0.3 is 0 Å². The zero-order valence-electron chi connectivity index (χ0n) is 12.1. The molecule has 0 bridgehead atoms. The standard InChI is InChI=1S/C14H20F2N2O3/c1-9(14(17)20)18(5-6-21-2)8-13(19)10-3-4-11(15)12(16)7-10/h3-4,7,9,13,19H,5-6,8H2,1-2H3,(H2,17,20). The molecule has 1 aromatic rings. The van der Waals surface area contributed by atoms with Crippen molar-refractivity contribution >= 4 is 5.91 Å². The van der Waals surface area contributed by atoms with Crippen LogP contribution in [0.3, 0.4) is 0 Å². The van der Waals surface area contributed by atoms with Crippen molar-refractivity contribution in [3.05, 3.63) is 35.4 Å². The minimum Gasteiger partial charge on any atom is -0.387 e. The lowest BCUT2D eigenvalue weighted by Crippen LogP contribution is -2.46. The molecule has 5 nitrogen and oxygen atoms in total. The van der Waals surface area contributed by atoms with Crippen molar-refractivity contribution in [2.24, 2.45) is 5.73 Å². The van der Waals surface area contributed by atoms with Crippen LogP contribution in [0.15, 0.2) is 18.2 Å². The van der Waals surface area contributed by atoms with Crippen LogP contribution in [-0.4, -0.2) is 48.8 Å². The van der Waals surface area contributed by atoms with Gasteiger partial charge < -0.3 is 15.6 Å². The Kier molecular flexibility index (Phi) is 6.67. The van der Waals surface area contributed by atoms with Crippen molar-refractivity contribution in [3.8, 4) is 0 Å². The highest BCUT2D eigenvalue weighted by Crippen LogP contribution is 2.18. The fourth-order valence-electron chi connectivity index (χ4n) is 1.88. The lowest BCUT2D eigenvalue weighted by molar-refractivity contribution is -0.123. The first-order valence-corrected chi connectivity index (χ1v) is 6.52. The Balaban J connectivity index is 2.80. The summed E-state index contributed by atoms with van der Waals surface area (Å²) in [7, 11) is 1.51. The minimum absolute atomic E-state index is 0.0541. The van der Waals surface area contributed by atoms with Crippen molar-refractivity contribution in [3.63, 3.8) is 0 Å². The number of carbonyl (C=O) groups excluding carboxylic acids is 1. The number of aliphatic hydroxyl groups excluding tert-OH is 1. The van der Waals surface area contributed by atoms with E-state index in [-0.39, 0.29) is 12.1 Å². The van der Waals surface area contributed by atoms with E-state index in [0.717, 1.165) is 12.1 Å². The predicted octanol–water partition coefficient (Wildman–Crippen LogP) is 0.820. The van der Waals surface area contributed by atoms with E-state index in [1.807, 2.05) is 0 Å². The molecular formula is C14H20F2N2O3. The van der Waals surface area contributed by atoms with E-state index in [1.54, 1.807) is 11.8 Å². The highest BCUT2D eigenvalue weighted by molar-refractivity contribution is 5.79. The number of nitrogens with two attached hydrogens (primary N) is 1. The third kappa shape index (κ3) is 5.04. The number of hydrogen-bond acceptors (Lipinski definition) is 4. The van der Waals surface area contributed by atoms with Crippen LogP contribution in [-0.2, 0) is 9.53 Å². The number of aliphatic hydroxyl groups is 1. The van der Waals surface area contributed by atoms with Crippen molar-refractivity contribution in [2.75, 3.05) is 26.8 Å². The summed E-state index contributed by atoms with van der Waals surface area (Å²) in [5, 5.41) is 10.1. The zero-order chi connectivity index (χ0) is 16.0. The molecule has 0 saturated heterocycles. The van der Waals surface area contributed by atoms with E-state index in [9.17, 15) is 18.7 Å². The summed E-state index contributed by atoms with van der Waals surface area (Å²) in [6.45, 7) is 2.39. The molecule has 0 aliphatic heterocycles. The molecule has 1 rings (SSSR count). The fraction of sp³-hybridized carbons (Fsp3) is 0.500. The van der Waals surface area contributed by atoms with Crippen LogP contribution in [0.1, 0.15) is 18.6 Å². The van der Waals surface area contributed by atoms with Crippen molar-refractivity contribution < 1.29 is 23.4 Å². The molecule has 1 aromatic carbocycles. The number of nitrogens with zero attached hydrogens (tertiary/aromatic N) is 1. The van der Waals surface area contributed by atoms with Gasteiger partial charge in [0, 0.05) is 20.2 Å². The van der Waals surface area contributed by atoms with Crippen LogP contribution in [0, 0.1) is 11.6 Å². The second-order valence-corrected chi connectivity index (χ2v) is 4.76. The Morgan fingerprint density at radius 1 is 1.43 bits per heavy atom. The van der Waals surface area contributed by atoms with Gasteiger partial charge in [-0.15, -0.1) is 0 Å². The Labute approximate surface area is 122 Å². The number of rotatable bonds is 8. The largest absolute Gasteiger partial charge is 0.387 e. The second-order valence-electron chi connectivity index (χ2n) is 4.76. The lowest BCUT2D eigenvalue weighted by atomic mass is 10.1. The van der Waals surface area contributed by atoms with E-state index >= 15 is 0 Å². The molecule has 0 heterocycles. The molecule has 0 radical (unpaired) electrons. The maximum absolute atomic E-state index is 13.2. The van der Waals surface area contributed by atoms with Gasteiger partial charge in [-0.05, 0) is 24.6 Å². The SMILES string of the molecule is COCCN(CC(O)c1ccc(F)c(F)c1)C(C)C(N)=O. The normalized spacial score (nSPS) is 14.2. The number of primary amides is 1. The molecule has 0 spiro atoms. The zero-order valence-corrected chi connectivity index (χ0v) is 12.1. The maximum Gasteiger partial charge on any atom is 0.234 e. The highest BCUT2D eigenvalue weighted by atomic mass is 19.2. The molecule has 7 heteroatoms. The highest BCUT2D eigenvalue weighted by Gasteiger charge is 2.22. The molecule has 0 fully saturated rings. The van der Waals surface area contributed by atoms with Gasteiger partial charge in [-0.2, -0.15) is 0 Å². The third-order valence-electron chi connectivity index (χ3n) is 3.28. The van der Waals surface area contributed by atoms with Gasteiger partial charge in [0.15, 0.2) is 11.6 Å². The first-order valence-electron chi connectivity index (χ1n) is 6.52. The lowest BCUT2D eigenvalue weighted by Gasteiger charge is -2.28. The monoisotopic (exact) mass is 302 g/mol. The summed E-state index contributed by atoms with van der Waals surface area (Å²) < 4.78 is 31.0. The Morgan fingerprint density at radius 3 is 2.62 bits per heavy atom. The van der Waals surface area contributed by atoms with Crippen molar-refractivity contribution in [2.45, 2.75) is 19.1 Å². The molecule has 3 N–H and O–H groups in total. The van der Waals surface area contributed by atoms with Gasteiger partial charge in [-0.3, -0.25) is 9.69 Å². The molecule has 1 amide bonds. The van der Waals surface area contributed by atoms with E-state index in [2.05, 4.69) is 0 Å². The smallest absolute Gasteiger partial charge is 0.234 e. The average molecular weight is 302 g/mol. The van der Waals surface area contributed by atoms with E-state index in [4.69, 9.17) is 10.5 Å². The average Bonchev–Trinajstić information content (AvgIpc) is 2.45. The number of ether oxygens (including phenoxy) is 1. The maximum atomic E-state index is 13.2. The van der Waals surface area contributed by atoms with Crippen LogP contribution in [0.5, 0.6) is 0 Å². The Bertz CT molecular complexity index is 485. The summed E-state index contributed by atoms with van der Waals surface area (Å²) in [6, 6.07) is 2.57. The number of hydrogen-bond donors (Lipinski definition) is 2. The second kappa shape index (κ2) is 8.02. The summed E-state index contributed by atoms with van der Waals surface area (Å²) in [5.41, 5.74) is 5.48. The third-order valence-corrected chi connectivity index (χ3v) is 3.28. The number of halogens is 2. The van der Waals surface area contributed by atoms with E-state index < -0.39 is 29.7 Å². The first kappa shape index (κ1) is 17.5. The van der Waals surface area contributed by atoms with Gasteiger partial charge in [-0.25, -0.2) is 8.78 Å². The number of carbonyl (C=O) groups is 1. The number of benzene rings is 1. The Hall–Kier alpha value is -1.57. The molecule has 0 aliphatic rings.